The fourth-order valence-corrected chi connectivity index (χ4v) is 2.82. The molecule has 2 amide bonds. The van der Waals surface area contributed by atoms with Crippen molar-refractivity contribution < 1.29 is 18.7 Å². The van der Waals surface area contributed by atoms with E-state index in [1.165, 1.54) is 19.4 Å². The maximum absolute atomic E-state index is 12.7. The molecule has 1 aliphatic rings. The first kappa shape index (κ1) is 16.6. The van der Waals surface area contributed by atoms with Gasteiger partial charge < -0.3 is 9.15 Å². The van der Waals surface area contributed by atoms with Crippen molar-refractivity contribution in [3.63, 3.8) is 0 Å². The third-order valence-corrected chi connectivity index (χ3v) is 4.21. The van der Waals surface area contributed by atoms with Crippen LogP contribution in [0, 0.1) is 0 Å². The number of anilines is 1. The Balaban J connectivity index is 1.77. The summed E-state index contributed by atoms with van der Waals surface area (Å²) < 4.78 is 10.6. The molecule has 1 N–H and O–H groups in total. The SMILES string of the molecule is COc1ccc2occ(/C=C3\C(=O)NN(c4ccccc4)C3=O)c(=O)c2c1. The largest absolute Gasteiger partial charge is 0.497 e. The highest BCUT2D eigenvalue weighted by atomic mass is 16.5. The predicted octanol–water partition coefficient (Wildman–Crippen LogP) is 2.26. The van der Waals surface area contributed by atoms with Crippen LogP contribution in [0.2, 0.25) is 0 Å². The number of ether oxygens (including phenoxy) is 1. The first-order valence-electron chi connectivity index (χ1n) is 8.10. The lowest BCUT2D eigenvalue weighted by Gasteiger charge is -2.13. The lowest BCUT2D eigenvalue weighted by atomic mass is 10.1. The molecule has 27 heavy (non-hydrogen) atoms. The summed E-state index contributed by atoms with van der Waals surface area (Å²) in [6.45, 7) is 0. The quantitative estimate of drug-likeness (QED) is 0.570. The second kappa shape index (κ2) is 6.45. The van der Waals surface area contributed by atoms with E-state index in [2.05, 4.69) is 5.43 Å². The zero-order valence-corrected chi connectivity index (χ0v) is 14.3. The predicted molar refractivity (Wildman–Crippen MR) is 99.1 cm³/mol. The van der Waals surface area contributed by atoms with Gasteiger partial charge in [-0.05, 0) is 36.4 Å². The Hall–Kier alpha value is -3.87. The molecule has 1 saturated heterocycles. The topological polar surface area (TPSA) is 88.8 Å². The molecule has 134 valence electrons. The second-order valence-corrected chi connectivity index (χ2v) is 5.86. The molecule has 0 spiro atoms. The number of amides is 2. The second-order valence-electron chi connectivity index (χ2n) is 5.86. The van der Waals surface area contributed by atoms with Gasteiger partial charge in [-0.3, -0.25) is 19.8 Å². The lowest BCUT2D eigenvalue weighted by molar-refractivity contribution is -0.117. The average molecular weight is 362 g/mol. The van der Waals surface area contributed by atoms with Gasteiger partial charge in [0.1, 0.15) is 23.2 Å². The standard InChI is InChI=1S/C20H14N2O5/c1-26-14-7-8-17-15(10-14)18(23)12(11-27-17)9-16-19(24)21-22(20(16)25)13-5-3-2-4-6-13/h2-11H,1H3,(H,21,24)/b16-9+. The summed E-state index contributed by atoms with van der Waals surface area (Å²) in [5.74, 6) is -0.630. The number of hydrogen-bond acceptors (Lipinski definition) is 5. The third kappa shape index (κ3) is 2.85. The van der Waals surface area contributed by atoms with Crippen LogP contribution in [0.15, 0.2) is 69.6 Å². The van der Waals surface area contributed by atoms with Crippen molar-refractivity contribution in [3.05, 3.63) is 76.2 Å². The van der Waals surface area contributed by atoms with Crippen molar-refractivity contribution in [2.24, 2.45) is 0 Å². The van der Waals surface area contributed by atoms with E-state index in [0.717, 1.165) is 5.01 Å². The fraction of sp³-hybridized carbons (Fsp3) is 0.0500. The highest BCUT2D eigenvalue weighted by Crippen LogP contribution is 2.22. The number of rotatable bonds is 3. The molecule has 1 aliphatic heterocycles. The number of para-hydroxylation sites is 1. The fourth-order valence-electron chi connectivity index (χ4n) is 2.82. The molecule has 7 heteroatoms. The van der Waals surface area contributed by atoms with Crippen LogP contribution in [-0.2, 0) is 9.59 Å². The van der Waals surface area contributed by atoms with Crippen molar-refractivity contribution in [1.82, 2.24) is 5.43 Å². The van der Waals surface area contributed by atoms with Crippen LogP contribution in [0.5, 0.6) is 5.75 Å². The number of nitrogens with zero attached hydrogens (tertiary/aromatic N) is 1. The maximum Gasteiger partial charge on any atom is 0.282 e. The molecule has 3 aromatic rings. The number of carbonyl (C=O) groups is 2. The number of benzene rings is 2. The Kier molecular flexibility index (Phi) is 3.97. The van der Waals surface area contributed by atoms with Crippen LogP contribution in [0.3, 0.4) is 0 Å². The highest BCUT2D eigenvalue weighted by molar-refractivity contribution is 6.31. The molecule has 7 nitrogen and oxygen atoms in total. The highest BCUT2D eigenvalue weighted by Gasteiger charge is 2.34. The maximum atomic E-state index is 12.7. The van der Waals surface area contributed by atoms with Crippen molar-refractivity contribution in [1.29, 1.82) is 0 Å². The molecule has 2 aromatic carbocycles. The summed E-state index contributed by atoms with van der Waals surface area (Å²) in [6, 6.07) is 13.5. The Labute approximate surface area is 153 Å². The summed E-state index contributed by atoms with van der Waals surface area (Å²) in [5.41, 5.74) is 2.99. The van der Waals surface area contributed by atoms with Crippen molar-refractivity contribution in [3.8, 4) is 5.75 Å². The van der Waals surface area contributed by atoms with E-state index in [9.17, 15) is 14.4 Å². The Bertz CT molecular complexity index is 1150. The van der Waals surface area contributed by atoms with Gasteiger partial charge in [-0.2, -0.15) is 0 Å². The van der Waals surface area contributed by atoms with E-state index >= 15 is 0 Å². The molecule has 0 atom stereocenters. The van der Waals surface area contributed by atoms with Gasteiger partial charge in [0, 0.05) is 0 Å². The number of carbonyl (C=O) groups excluding carboxylic acids is 2. The van der Waals surface area contributed by atoms with Gasteiger partial charge >= 0.3 is 0 Å². The molecule has 0 unspecified atom stereocenters. The average Bonchev–Trinajstić information content (AvgIpc) is 2.98. The first-order valence-corrected chi connectivity index (χ1v) is 8.10. The Morgan fingerprint density at radius 2 is 1.85 bits per heavy atom. The van der Waals surface area contributed by atoms with Gasteiger partial charge in [-0.25, -0.2) is 5.01 Å². The Morgan fingerprint density at radius 1 is 1.07 bits per heavy atom. The van der Waals surface area contributed by atoms with Crippen LogP contribution < -0.4 is 20.6 Å². The smallest absolute Gasteiger partial charge is 0.282 e. The number of fused-ring (bicyclic) bond motifs is 1. The van der Waals surface area contributed by atoms with Gasteiger partial charge in [0.15, 0.2) is 5.43 Å². The van der Waals surface area contributed by atoms with Crippen molar-refractivity contribution in [2.75, 3.05) is 12.1 Å². The summed E-state index contributed by atoms with van der Waals surface area (Å²) in [7, 11) is 1.49. The van der Waals surface area contributed by atoms with E-state index in [0.29, 0.717) is 22.4 Å². The molecule has 0 aliphatic carbocycles. The van der Waals surface area contributed by atoms with Crippen LogP contribution in [-0.4, -0.2) is 18.9 Å². The normalized spacial score (nSPS) is 15.4. The lowest BCUT2D eigenvalue weighted by Crippen LogP contribution is -2.35. The monoisotopic (exact) mass is 362 g/mol. The summed E-state index contributed by atoms with van der Waals surface area (Å²) in [6.07, 6.45) is 2.47. The van der Waals surface area contributed by atoms with Crippen LogP contribution in [0.4, 0.5) is 5.69 Å². The molecule has 0 bridgehead atoms. The summed E-state index contributed by atoms with van der Waals surface area (Å²) in [4.78, 5) is 37.6. The minimum Gasteiger partial charge on any atom is -0.497 e. The Morgan fingerprint density at radius 3 is 2.59 bits per heavy atom. The van der Waals surface area contributed by atoms with E-state index < -0.39 is 11.8 Å². The molecule has 0 radical (unpaired) electrons. The van der Waals surface area contributed by atoms with Crippen LogP contribution in [0.1, 0.15) is 5.56 Å². The molecule has 2 heterocycles. The molecule has 0 saturated carbocycles. The van der Waals surface area contributed by atoms with Gasteiger partial charge in [0.05, 0.1) is 23.7 Å². The number of hydrogen-bond donors (Lipinski definition) is 1. The number of hydrazine groups is 1. The van der Waals surface area contributed by atoms with Crippen LogP contribution >= 0.6 is 0 Å². The van der Waals surface area contributed by atoms with Gasteiger partial charge in [0.2, 0.25) is 0 Å². The van der Waals surface area contributed by atoms with E-state index in [1.54, 1.807) is 48.5 Å². The van der Waals surface area contributed by atoms with E-state index in [-0.39, 0.29) is 16.6 Å². The van der Waals surface area contributed by atoms with Crippen molar-refractivity contribution in [2.45, 2.75) is 0 Å². The van der Waals surface area contributed by atoms with Gasteiger partial charge in [-0.15, -0.1) is 0 Å². The zero-order valence-electron chi connectivity index (χ0n) is 14.3. The molecule has 4 rings (SSSR count). The van der Waals surface area contributed by atoms with Crippen molar-refractivity contribution >= 4 is 34.5 Å². The number of methoxy groups -OCH3 is 1. The molecule has 1 fully saturated rings. The van der Waals surface area contributed by atoms with Gasteiger partial charge in [0.25, 0.3) is 11.8 Å². The summed E-state index contributed by atoms with van der Waals surface area (Å²) in [5, 5.41) is 1.44. The first-order chi connectivity index (χ1) is 13.1. The zero-order chi connectivity index (χ0) is 19.0. The van der Waals surface area contributed by atoms with Gasteiger partial charge in [-0.1, -0.05) is 18.2 Å². The van der Waals surface area contributed by atoms with E-state index in [4.69, 9.17) is 9.15 Å². The molecular formula is C20H14N2O5. The third-order valence-electron chi connectivity index (χ3n) is 4.21. The minimum atomic E-state index is -0.589. The number of nitrogens with one attached hydrogen (secondary N) is 1. The summed E-state index contributed by atoms with van der Waals surface area (Å²) >= 11 is 0. The minimum absolute atomic E-state index is 0.101. The van der Waals surface area contributed by atoms with E-state index in [1.807, 2.05) is 0 Å². The molecule has 1 aromatic heterocycles. The molecular weight excluding hydrogens is 348 g/mol. The van der Waals surface area contributed by atoms with Crippen LogP contribution in [0.25, 0.3) is 17.0 Å².